The number of nitrogens with two attached hydrogens (primary N) is 1. The fraction of sp³-hybridized carbons (Fsp3) is 0.286. The van der Waals surface area contributed by atoms with Crippen LogP contribution in [0, 0.1) is 0 Å². The van der Waals surface area contributed by atoms with Crippen molar-refractivity contribution in [3.8, 4) is 5.75 Å². The number of methoxy groups -OCH3 is 1. The van der Waals surface area contributed by atoms with E-state index in [4.69, 9.17) is 10.5 Å². The van der Waals surface area contributed by atoms with E-state index in [1.54, 1.807) is 24.6 Å². The molecule has 1 aliphatic rings. The van der Waals surface area contributed by atoms with Gasteiger partial charge in [0, 0.05) is 6.04 Å². The summed E-state index contributed by atoms with van der Waals surface area (Å²) in [4.78, 5) is 0. The van der Waals surface area contributed by atoms with E-state index in [9.17, 15) is 8.42 Å². The highest BCUT2D eigenvalue weighted by Gasteiger charge is 2.40. The summed E-state index contributed by atoms with van der Waals surface area (Å²) >= 11 is 1.24. The minimum Gasteiger partial charge on any atom is -0.497 e. The second-order valence-corrected chi connectivity index (χ2v) is 8.15. The first-order chi connectivity index (χ1) is 9.54. The first-order valence-corrected chi connectivity index (χ1v) is 8.66. The van der Waals surface area contributed by atoms with E-state index in [-0.39, 0.29) is 0 Å². The molecule has 1 heterocycles. The Hall–Kier alpha value is -1.37. The van der Waals surface area contributed by atoms with Gasteiger partial charge in [0.1, 0.15) is 9.96 Å². The van der Waals surface area contributed by atoms with Crippen LogP contribution < -0.4 is 10.5 Å². The summed E-state index contributed by atoms with van der Waals surface area (Å²) in [5, 5.41) is 1.17. The second-order valence-electron chi connectivity index (χ2n) is 4.81. The summed E-state index contributed by atoms with van der Waals surface area (Å²) in [6.45, 7) is 0. The largest absolute Gasteiger partial charge is 0.497 e. The first kappa shape index (κ1) is 13.6. The molecule has 20 heavy (non-hydrogen) atoms. The number of thiophene rings is 1. The molecule has 0 saturated heterocycles. The third kappa shape index (κ3) is 2.04. The van der Waals surface area contributed by atoms with Crippen LogP contribution >= 0.6 is 11.3 Å². The van der Waals surface area contributed by atoms with Gasteiger partial charge in [-0.2, -0.15) is 0 Å². The first-order valence-electron chi connectivity index (χ1n) is 6.24. The Kier molecular flexibility index (Phi) is 3.32. The van der Waals surface area contributed by atoms with Crippen LogP contribution in [0.2, 0.25) is 0 Å². The lowest BCUT2D eigenvalue weighted by Gasteiger charge is -2.15. The van der Waals surface area contributed by atoms with Crippen LogP contribution in [0.15, 0.2) is 39.9 Å². The van der Waals surface area contributed by atoms with Gasteiger partial charge in [0.25, 0.3) is 0 Å². The average Bonchev–Trinajstić information content (AvgIpc) is 3.07. The summed E-state index contributed by atoms with van der Waals surface area (Å²) in [7, 11) is -1.79. The van der Waals surface area contributed by atoms with Crippen LogP contribution in [-0.4, -0.2) is 20.8 Å². The lowest BCUT2D eigenvalue weighted by molar-refractivity contribution is 0.414. The maximum absolute atomic E-state index is 12.6. The van der Waals surface area contributed by atoms with Crippen molar-refractivity contribution in [3.63, 3.8) is 0 Å². The minimum absolute atomic E-state index is 0.387. The summed E-state index contributed by atoms with van der Waals surface area (Å²) in [6, 6.07) is 8.45. The van der Waals surface area contributed by atoms with Crippen molar-refractivity contribution < 1.29 is 13.2 Å². The number of sulfone groups is 1. The Morgan fingerprint density at radius 3 is 2.80 bits per heavy atom. The second kappa shape index (κ2) is 4.87. The van der Waals surface area contributed by atoms with Crippen molar-refractivity contribution in [3.05, 3.63) is 46.8 Å². The molecule has 0 aliphatic heterocycles. The van der Waals surface area contributed by atoms with Crippen molar-refractivity contribution in [2.24, 2.45) is 5.73 Å². The molecule has 1 aromatic heterocycles. The van der Waals surface area contributed by atoms with Crippen molar-refractivity contribution in [1.29, 1.82) is 0 Å². The van der Waals surface area contributed by atoms with Gasteiger partial charge in [0.05, 0.1) is 12.4 Å². The molecule has 106 valence electrons. The zero-order chi connectivity index (χ0) is 14.3. The monoisotopic (exact) mass is 309 g/mol. The Morgan fingerprint density at radius 2 is 2.15 bits per heavy atom. The quantitative estimate of drug-likeness (QED) is 0.943. The number of fused-ring (bicyclic) bond motifs is 1. The molecule has 2 unspecified atom stereocenters. The van der Waals surface area contributed by atoms with Crippen LogP contribution in [0.5, 0.6) is 5.75 Å². The molecular weight excluding hydrogens is 294 g/mol. The molecule has 4 nitrogen and oxygen atoms in total. The molecule has 2 atom stereocenters. The van der Waals surface area contributed by atoms with Gasteiger partial charge in [-0.3, -0.25) is 0 Å². The number of rotatable bonds is 3. The van der Waals surface area contributed by atoms with Gasteiger partial charge in [-0.25, -0.2) is 8.42 Å². The van der Waals surface area contributed by atoms with Crippen molar-refractivity contribution in [2.75, 3.05) is 7.11 Å². The van der Waals surface area contributed by atoms with Crippen molar-refractivity contribution in [1.82, 2.24) is 0 Å². The summed E-state index contributed by atoms with van der Waals surface area (Å²) in [5.74, 6) is 0.702. The number of hydrogen-bond donors (Lipinski definition) is 1. The Labute approximate surface area is 122 Å². The summed E-state index contributed by atoms with van der Waals surface area (Å²) < 4.78 is 30.8. The van der Waals surface area contributed by atoms with E-state index in [2.05, 4.69) is 0 Å². The Balaban J connectivity index is 2.00. The van der Waals surface area contributed by atoms with Gasteiger partial charge in [0.15, 0.2) is 9.84 Å². The highest BCUT2D eigenvalue weighted by Crippen LogP contribution is 2.38. The molecule has 0 saturated carbocycles. The number of benzene rings is 1. The van der Waals surface area contributed by atoms with E-state index in [0.29, 0.717) is 16.4 Å². The molecule has 6 heteroatoms. The normalized spacial score (nSPS) is 21.7. The highest BCUT2D eigenvalue weighted by molar-refractivity contribution is 7.94. The van der Waals surface area contributed by atoms with Gasteiger partial charge in [-0.05, 0) is 41.1 Å². The molecule has 3 rings (SSSR count). The maximum atomic E-state index is 12.6. The predicted octanol–water partition coefficient (Wildman–Crippen LogP) is 2.16. The van der Waals surface area contributed by atoms with Crippen LogP contribution in [0.25, 0.3) is 0 Å². The van der Waals surface area contributed by atoms with Crippen LogP contribution in [0.3, 0.4) is 0 Å². The highest BCUT2D eigenvalue weighted by atomic mass is 32.2. The maximum Gasteiger partial charge on any atom is 0.192 e. The minimum atomic E-state index is -3.38. The molecule has 1 aromatic carbocycles. The third-order valence-corrected chi connectivity index (χ3v) is 7.31. The molecule has 0 radical (unpaired) electrons. The Morgan fingerprint density at radius 1 is 1.35 bits per heavy atom. The van der Waals surface area contributed by atoms with E-state index < -0.39 is 21.1 Å². The predicted molar refractivity (Wildman–Crippen MR) is 78.9 cm³/mol. The van der Waals surface area contributed by atoms with Gasteiger partial charge < -0.3 is 10.5 Å². The van der Waals surface area contributed by atoms with E-state index in [0.717, 1.165) is 11.1 Å². The van der Waals surface area contributed by atoms with E-state index in [1.807, 2.05) is 18.2 Å². The van der Waals surface area contributed by atoms with Crippen molar-refractivity contribution >= 4 is 21.2 Å². The molecule has 2 N–H and O–H groups in total. The fourth-order valence-corrected chi connectivity index (χ4v) is 5.64. The zero-order valence-corrected chi connectivity index (χ0v) is 12.6. The van der Waals surface area contributed by atoms with Gasteiger partial charge in [-0.15, -0.1) is 11.3 Å². The topological polar surface area (TPSA) is 69.4 Å². The summed E-state index contributed by atoms with van der Waals surface area (Å²) in [5.41, 5.74) is 8.04. The molecule has 2 aromatic rings. The molecular formula is C14H15NO3S2. The van der Waals surface area contributed by atoms with Gasteiger partial charge in [-0.1, -0.05) is 12.1 Å². The molecule has 1 aliphatic carbocycles. The lowest BCUT2D eigenvalue weighted by Crippen LogP contribution is -2.30. The zero-order valence-electron chi connectivity index (χ0n) is 10.9. The average molecular weight is 309 g/mol. The summed E-state index contributed by atoms with van der Waals surface area (Å²) in [6.07, 6.45) is 0.459. The van der Waals surface area contributed by atoms with Gasteiger partial charge >= 0.3 is 0 Å². The SMILES string of the molecule is COc1ccc2c(c1)C(N)C(S(=O)(=O)c1cccs1)C2. The van der Waals surface area contributed by atoms with Crippen LogP contribution in [0.4, 0.5) is 0 Å². The molecule has 0 fully saturated rings. The number of ether oxygens (including phenoxy) is 1. The van der Waals surface area contributed by atoms with Gasteiger partial charge in [0.2, 0.25) is 0 Å². The molecule has 0 spiro atoms. The lowest BCUT2D eigenvalue weighted by atomic mass is 10.1. The van der Waals surface area contributed by atoms with Crippen LogP contribution in [-0.2, 0) is 16.3 Å². The van der Waals surface area contributed by atoms with Crippen molar-refractivity contribution in [2.45, 2.75) is 21.9 Å². The van der Waals surface area contributed by atoms with E-state index >= 15 is 0 Å². The third-order valence-electron chi connectivity index (χ3n) is 3.71. The standard InChI is InChI=1S/C14H15NO3S2/c1-18-10-5-4-9-7-12(14(15)11(9)8-10)20(16,17)13-3-2-6-19-13/h2-6,8,12,14H,7,15H2,1H3. The smallest absolute Gasteiger partial charge is 0.192 e. The van der Waals surface area contributed by atoms with Crippen LogP contribution in [0.1, 0.15) is 17.2 Å². The fourth-order valence-electron chi connectivity index (χ4n) is 2.62. The molecule has 0 amide bonds. The Bertz CT molecular complexity index is 723. The molecule has 0 bridgehead atoms. The van der Waals surface area contributed by atoms with E-state index in [1.165, 1.54) is 11.3 Å². The number of hydrogen-bond acceptors (Lipinski definition) is 5.